The summed E-state index contributed by atoms with van der Waals surface area (Å²) in [6, 6.07) is 13.8. The van der Waals surface area contributed by atoms with E-state index in [4.69, 9.17) is 0 Å². The van der Waals surface area contributed by atoms with Crippen LogP contribution in [0.5, 0.6) is 0 Å². The number of amides is 1. The highest BCUT2D eigenvalue weighted by Crippen LogP contribution is 2.20. The molecule has 3 rings (SSSR count). The van der Waals surface area contributed by atoms with E-state index in [0.29, 0.717) is 36.9 Å². The van der Waals surface area contributed by atoms with Crippen LogP contribution in [0.4, 0.5) is 0 Å². The van der Waals surface area contributed by atoms with Crippen LogP contribution in [-0.4, -0.2) is 57.4 Å². The Morgan fingerprint density at radius 1 is 1.18 bits per heavy atom. The predicted octanol–water partition coefficient (Wildman–Crippen LogP) is 0.775. The first-order chi connectivity index (χ1) is 13.4. The number of quaternary nitrogens is 1. The minimum Gasteiger partial charge on any atom is -0.349 e. The van der Waals surface area contributed by atoms with Crippen molar-refractivity contribution in [1.82, 2.24) is 9.62 Å². The van der Waals surface area contributed by atoms with Gasteiger partial charge in [-0.25, -0.2) is 8.42 Å². The average Bonchev–Trinajstić information content (AvgIpc) is 3.23. The van der Waals surface area contributed by atoms with Crippen LogP contribution in [0.25, 0.3) is 0 Å². The van der Waals surface area contributed by atoms with Gasteiger partial charge in [-0.05, 0) is 36.8 Å². The zero-order chi connectivity index (χ0) is 20.0. The lowest BCUT2D eigenvalue weighted by molar-refractivity contribution is -0.895. The molecule has 6 nitrogen and oxygen atoms in total. The maximum atomic E-state index is 12.6. The van der Waals surface area contributed by atoms with Gasteiger partial charge in [0.2, 0.25) is 0 Å². The molecule has 8 heteroatoms. The van der Waals surface area contributed by atoms with Crippen LogP contribution in [0, 0.1) is 0 Å². The molecule has 0 radical (unpaired) electrons. The molecular formula is C20H28N3O3S2+. The topological polar surface area (TPSA) is 70.9 Å². The molecule has 1 atom stereocenters. The molecule has 0 bridgehead atoms. The summed E-state index contributed by atoms with van der Waals surface area (Å²) in [5, 5.41) is 4.85. The summed E-state index contributed by atoms with van der Waals surface area (Å²) in [5.41, 5.74) is 1.28. The number of aryl methyl sites for hydroxylation is 1. The van der Waals surface area contributed by atoms with Gasteiger partial charge in [-0.15, -0.1) is 11.3 Å². The van der Waals surface area contributed by atoms with E-state index in [1.54, 1.807) is 17.5 Å². The Kier molecular flexibility index (Phi) is 7.23. The summed E-state index contributed by atoms with van der Waals surface area (Å²) < 4.78 is 27.0. The number of hydrogen-bond donors (Lipinski definition) is 2. The van der Waals surface area contributed by atoms with E-state index in [-0.39, 0.29) is 11.9 Å². The smallest absolute Gasteiger partial charge is 0.275 e. The molecule has 1 amide bonds. The lowest BCUT2D eigenvalue weighted by Gasteiger charge is -2.31. The lowest BCUT2D eigenvalue weighted by atomic mass is 10.1. The number of nitrogens with zero attached hydrogens (tertiary/aromatic N) is 1. The SMILES string of the molecule is C[C@@H](CCc1ccccc1)NC(=O)C[NH+]1CCN(S(=O)(=O)c2cccs2)CC1. The van der Waals surface area contributed by atoms with E-state index in [2.05, 4.69) is 17.4 Å². The quantitative estimate of drug-likeness (QED) is 0.660. The van der Waals surface area contributed by atoms with E-state index in [1.165, 1.54) is 21.2 Å². The van der Waals surface area contributed by atoms with Gasteiger partial charge in [-0.1, -0.05) is 36.4 Å². The van der Waals surface area contributed by atoms with Gasteiger partial charge in [0, 0.05) is 6.04 Å². The Labute approximate surface area is 171 Å². The van der Waals surface area contributed by atoms with Crippen LogP contribution in [-0.2, 0) is 21.2 Å². The fourth-order valence-corrected chi connectivity index (χ4v) is 6.00. The number of hydrogen-bond acceptors (Lipinski definition) is 4. The maximum Gasteiger partial charge on any atom is 0.275 e. The Hall–Kier alpha value is -1.74. The summed E-state index contributed by atoms with van der Waals surface area (Å²) >= 11 is 1.24. The average molecular weight is 423 g/mol. The predicted molar refractivity (Wildman–Crippen MR) is 111 cm³/mol. The number of sulfonamides is 1. The Morgan fingerprint density at radius 2 is 1.89 bits per heavy atom. The van der Waals surface area contributed by atoms with Crippen molar-refractivity contribution in [3.05, 3.63) is 53.4 Å². The number of carbonyl (C=O) groups is 1. The summed E-state index contributed by atoms with van der Waals surface area (Å²) in [7, 11) is -3.39. The highest BCUT2D eigenvalue weighted by Gasteiger charge is 2.31. The van der Waals surface area contributed by atoms with Gasteiger partial charge in [0.15, 0.2) is 6.54 Å². The molecule has 0 aliphatic carbocycles. The van der Waals surface area contributed by atoms with Crippen LogP contribution < -0.4 is 10.2 Å². The molecule has 28 heavy (non-hydrogen) atoms. The molecule has 1 aromatic carbocycles. The van der Waals surface area contributed by atoms with Crippen molar-refractivity contribution < 1.29 is 18.1 Å². The summed E-state index contributed by atoms with van der Waals surface area (Å²) in [6.07, 6.45) is 1.84. The van der Waals surface area contributed by atoms with Crippen LogP contribution in [0.1, 0.15) is 18.9 Å². The van der Waals surface area contributed by atoms with Crippen molar-refractivity contribution in [2.45, 2.75) is 30.0 Å². The van der Waals surface area contributed by atoms with E-state index in [0.717, 1.165) is 17.7 Å². The second-order valence-electron chi connectivity index (χ2n) is 7.26. The molecule has 2 heterocycles. The van der Waals surface area contributed by atoms with E-state index < -0.39 is 10.0 Å². The molecule has 0 unspecified atom stereocenters. The molecule has 2 aromatic rings. The van der Waals surface area contributed by atoms with Crippen molar-refractivity contribution in [3.8, 4) is 0 Å². The third kappa shape index (κ3) is 5.64. The van der Waals surface area contributed by atoms with E-state index in [1.807, 2.05) is 25.1 Å². The standard InChI is InChI=1S/C20H27N3O3S2/c1-17(9-10-18-6-3-2-4-7-18)21-19(24)16-22-11-13-23(14-12-22)28(25,26)20-8-5-15-27-20/h2-8,15,17H,9-14,16H2,1H3,(H,21,24)/p+1/t17-/m0/s1. The minimum absolute atomic E-state index is 0.0325. The van der Waals surface area contributed by atoms with Gasteiger partial charge >= 0.3 is 0 Å². The minimum atomic E-state index is -3.39. The zero-order valence-corrected chi connectivity index (χ0v) is 17.8. The first-order valence-electron chi connectivity index (χ1n) is 9.65. The van der Waals surface area contributed by atoms with Crippen molar-refractivity contribution in [3.63, 3.8) is 0 Å². The van der Waals surface area contributed by atoms with Gasteiger partial charge in [0.25, 0.3) is 15.9 Å². The van der Waals surface area contributed by atoms with Crippen molar-refractivity contribution in [2.24, 2.45) is 0 Å². The van der Waals surface area contributed by atoms with Crippen molar-refractivity contribution in [2.75, 3.05) is 32.7 Å². The highest BCUT2D eigenvalue weighted by atomic mass is 32.2. The molecule has 0 spiro atoms. The number of thiophene rings is 1. The van der Waals surface area contributed by atoms with Gasteiger partial charge in [-0.2, -0.15) is 4.31 Å². The van der Waals surface area contributed by atoms with E-state index >= 15 is 0 Å². The van der Waals surface area contributed by atoms with Gasteiger partial charge in [0.1, 0.15) is 4.21 Å². The second-order valence-corrected chi connectivity index (χ2v) is 10.4. The Morgan fingerprint density at radius 3 is 2.54 bits per heavy atom. The molecule has 2 N–H and O–H groups in total. The molecule has 0 saturated carbocycles. The number of carbonyl (C=O) groups excluding carboxylic acids is 1. The third-order valence-electron chi connectivity index (χ3n) is 5.05. The second kappa shape index (κ2) is 9.65. The van der Waals surface area contributed by atoms with Gasteiger partial charge in [0.05, 0.1) is 26.2 Å². The Bertz CT molecular complexity index is 846. The molecule has 1 aromatic heterocycles. The van der Waals surface area contributed by atoms with Crippen LogP contribution >= 0.6 is 11.3 Å². The monoisotopic (exact) mass is 422 g/mol. The van der Waals surface area contributed by atoms with Crippen LogP contribution in [0.3, 0.4) is 0 Å². The van der Waals surface area contributed by atoms with Gasteiger partial charge in [-0.3, -0.25) is 4.79 Å². The first-order valence-corrected chi connectivity index (χ1v) is 12.0. The Balaban J connectivity index is 1.40. The van der Waals surface area contributed by atoms with Crippen LogP contribution in [0.15, 0.2) is 52.1 Å². The van der Waals surface area contributed by atoms with Crippen molar-refractivity contribution in [1.29, 1.82) is 0 Å². The molecule has 152 valence electrons. The molecule has 1 fully saturated rings. The zero-order valence-electron chi connectivity index (χ0n) is 16.1. The summed E-state index contributed by atoms with van der Waals surface area (Å²) in [4.78, 5) is 13.5. The number of benzene rings is 1. The number of rotatable bonds is 8. The lowest BCUT2D eigenvalue weighted by Crippen LogP contribution is -3.15. The fourth-order valence-electron chi connectivity index (χ4n) is 3.41. The number of nitrogens with one attached hydrogen (secondary N) is 2. The first kappa shape index (κ1) is 21.0. The number of piperazine rings is 1. The third-order valence-corrected chi connectivity index (χ3v) is 8.32. The molecule has 1 saturated heterocycles. The summed E-state index contributed by atoms with van der Waals surface area (Å²) in [6.45, 7) is 4.62. The molecule has 1 aliphatic heterocycles. The highest BCUT2D eigenvalue weighted by molar-refractivity contribution is 7.91. The van der Waals surface area contributed by atoms with E-state index in [9.17, 15) is 13.2 Å². The van der Waals surface area contributed by atoms with Crippen molar-refractivity contribution >= 4 is 27.3 Å². The van der Waals surface area contributed by atoms with Crippen LogP contribution in [0.2, 0.25) is 0 Å². The normalized spacial score (nSPS) is 17.3. The van der Waals surface area contributed by atoms with Gasteiger partial charge < -0.3 is 10.2 Å². The maximum absolute atomic E-state index is 12.6. The fraction of sp³-hybridized carbons (Fsp3) is 0.450. The molecule has 1 aliphatic rings. The molecular weight excluding hydrogens is 394 g/mol. The summed E-state index contributed by atoms with van der Waals surface area (Å²) in [5.74, 6) is 0.0325. The largest absolute Gasteiger partial charge is 0.349 e.